The Morgan fingerprint density at radius 2 is 1.89 bits per heavy atom. The normalized spacial score (nSPS) is 17.5. The van der Waals surface area contributed by atoms with Crippen LogP contribution in [0.4, 0.5) is 0 Å². The third-order valence-corrected chi connectivity index (χ3v) is 5.91. The molecule has 1 spiro atoms. The first-order valence-corrected chi connectivity index (χ1v) is 9.37. The molecule has 7 heteroatoms. The molecular formula is C20H17Cl2NO4. The molecule has 2 aliphatic rings. The van der Waals surface area contributed by atoms with Crippen molar-refractivity contribution in [1.29, 1.82) is 0 Å². The molecule has 27 heavy (non-hydrogen) atoms. The van der Waals surface area contributed by atoms with Gasteiger partial charge in [0.05, 0.1) is 22.7 Å². The Balaban J connectivity index is 1.88. The Morgan fingerprint density at radius 3 is 2.56 bits per heavy atom. The van der Waals surface area contributed by atoms with Crippen molar-refractivity contribution < 1.29 is 19.1 Å². The predicted octanol–water partition coefficient (Wildman–Crippen LogP) is 3.98. The van der Waals surface area contributed by atoms with Gasteiger partial charge in [-0.3, -0.25) is 4.79 Å². The number of ether oxygens (including phenoxy) is 2. The molecule has 2 aromatic carbocycles. The first-order valence-electron chi connectivity index (χ1n) is 8.61. The van der Waals surface area contributed by atoms with Crippen LogP contribution in [0.3, 0.4) is 0 Å². The summed E-state index contributed by atoms with van der Waals surface area (Å²) in [5.74, 6) is -0.294. The highest BCUT2D eigenvalue weighted by Crippen LogP contribution is 2.46. The summed E-state index contributed by atoms with van der Waals surface area (Å²) in [6, 6.07) is 8.02. The van der Waals surface area contributed by atoms with Gasteiger partial charge >= 0.3 is 5.97 Å². The van der Waals surface area contributed by atoms with Gasteiger partial charge in [-0.05, 0) is 43.4 Å². The summed E-state index contributed by atoms with van der Waals surface area (Å²) in [7, 11) is 1.53. The molecule has 2 aliphatic heterocycles. The fourth-order valence-electron chi connectivity index (χ4n) is 3.77. The standard InChI is InChI=1S/C20H17Cl2NO4/c1-26-12-9-13(18(24)11-2-3-15(21)16(22)8-11)17-14(10-12)20(27-19(17)25)4-6-23-7-5-20/h2-3,8-10,23H,4-7H2,1H3. The Bertz CT molecular complexity index is 951. The largest absolute Gasteiger partial charge is 0.497 e. The van der Waals surface area contributed by atoms with E-state index in [2.05, 4.69) is 5.32 Å². The van der Waals surface area contributed by atoms with Crippen molar-refractivity contribution in [2.45, 2.75) is 18.4 Å². The molecule has 2 aromatic rings. The average molecular weight is 406 g/mol. The molecule has 4 rings (SSSR count). The first-order chi connectivity index (χ1) is 12.9. The molecule has 0 amide bonds. The van der Waals surface area contributed by atoms with Crippen LogP contribution < -0.4 is 10.1 Å². The molecular weight excluding hydrogens is 389 g/mol. The molecule has 0 aliphatic carbocycles. The van der Waals surface area contributed by atoms with Crippen LogP contribution in [0.15, 0.2) is 30.3 Å². The van der Waals surface area contributed by atoms with Crippen LogP contribution >= 0.6 is 23.2 Å². The summed E-state index contributed by atoms with van der Waals surface area (Å²) in [4.78, 5) is 25.9. The van der Waals surface area contributed by atoms with E-state index in [0.717, 1.165) is 18.7 Å². The minimum absolute atomic E-state index is 0.253. The second-order valence-corrected chi connectivity index (χ2v) is 7.50. The number of ketones is 1. The maximum absolute atomic E-state index is 13.2. The van der Waals surface area contributed by atoms with Gasteiger partial charge in [0.15, 0.2) is 5.78 Å². The number of halogens is 2. The number of piperidine rings is 1. The smallest absolute Gasteiger partial charge is 0.340 e. The minimum Gasteiger partial charge on any atom is -0.497 e. The molecule has 0 saturated carbocycles. The van der Waals surface area contributed by atoms with Gasteiger partial charge in [-0.15, -0.1) is 0 Å². The van der Waals surface area contributed by atoms with Crippen molar-refractivity contribution in [2.75, 3.05) is 20.2 Å². The van der Waals surface area contributed by atoms with E-state index in [1.54, 1.807) is 24.3 Å². The van der Waals surface area contributed by atoms with Gasteiger partial charge in [-0.1, -0.05) is 23.2 Å². The number of hydrogen-bond acceptors (Lipinski definition) is 5. The zero-order chi connectivity index (χ0) is 19.2. The third kappa shape index (κ3) is 3.00. The summed E-state index contributed by atoms with van der Waals surface area (Å²) in [6.07, 6.45) is 1.30. The fraction of sp³-hybridized carbons (Fsp3) is 0.300. The number of fused-ring (bicyclic) bond motifs is 2. The van der Waals surface area contributed by atoms with Crippen molar-refractivity contribution in [3.63, 3.8) is 0 Å². The fourth-order valence-corrected chi connectivity index (χ4v) is 4.07. The Kier molecular flexibility index (Phi) is 4.62. The summed E-state index contributed by atoms with van der Waals surface area (Å²) in [5.41, 5.74) is 0.923. The van der Waals surface area contributed by atoms with Crippen molar-refractivity contribution in [2.24, 2.45) is 0 Å². The van der Waals surface area contributed by atoms with E-state index in [-0.39, 0.29) is 16.4 Å². The van der Waals surface area contributed by atoms with Gasteiger partial charge in [0.25, 0.3) is 0 Å². The van der Waals surface area contributed by atoms with Crippen LogP contribution in [-0.4, -0.2) is 32.0 Å². The lowest BCUT2D eigenvalue weighted by atomic mass is 9.82. The van der Waals surface area contributed by atoms with Crippen LogP contribution in [0, 0.1) is 0 Å². The van der Waals surface area contributed by atoms with Gasteiger partial charge in [0.2, 0.25) is 0 Å². The molecule has 1 saturated heterocycles. The highest BCUT2D eigenvalue weighted by molar-refractivity contribution is 6.42. The van der Waals surface area contributed by atoms with Crippen molar-refractivity contribution in [3.8, 4) is 5.75 Å². The van der Waals surface area contributed by atoms with Gasteiger partial charge in [0.1, 0.15) is 11.4 Å². The van der Waals surface area contributed by atoms with Crippen LogP contribution in [0.1, 0.15) is 44.7 Å². The second kappa shape index (κ2) is 6.82. The molecule has 1 N–H and O–H groups in total. The van der Waals surface area contributed by atoms with E-state index >= 15 is 0 Å². The number of benzene rings is 2. The summed E-state index contributed by atoms with van der Waals surface area (Å²) in [5, 5.41) is 3.90. The highest BCUT2D eigenvalue weighted by Gasteiger charge is 2.48. The summed E-state index contributed by atoms with van der Waals surface area (Å²) >= 11 is 12.0. The Hall–Kier alpha value is -2.08. The molecule has 0 radical (unpaired) electrons. The SMILES string of the molecule is COc1cc(C(=O)c2ccc(Cl)c(Cl)c2)c2c(c1)C1(CCNCC1)OC2=O. The maximum atomic E-state index is 13.2. The molecule has 0 bridgehead atoms. The van der Waals surface area contributed by atoms with E-state index in [1.165, 1.54) is 13.2 Å². The third-order valence-electron chi connectivity index (χ3n) is 5.17. The van der Waals surface area contributed by atoms with Gasteiger partial charge in [-0.25, -0.2) is 4.79 Å². The maximum Gasteiger partial charge on any atom is 0.340 e. The predicted molar refractivity (Wildman–Crippen MR) is 102 cm³/mol. The van der Waals surface area contributed by atoms with Crippen molar-refractivity contribution in [1.82, 2.24) is 5.32 Å². The summed E-state index contributed by atoms with van der Waals surface area (Å²) < 4.78 is 11.2. The number of carbonyl (C=O) groups excluding carboxylic acids is 2. The van der Waals surface area contributed by atoms with Gasteiger partial charge in [-0.2, -0.15) is 0 Å². The average Bonchev–Trinajstić information content (AvgIpc) is 2.94. The number of nitrogens with one attached hydrogen (secondary N) is 1. The number of rotatable bonds is 3. The lowest BCUT2D eigenvalue weighted by Gasteiger charge is -2.33. The molecule has 0 atom stereocenters. The van der Waals surface area contributed by atoms with E-state index in [4.69, 9.17) is 32.7 Å². The van der Waals surface area contributed by atoms with E-state index in [1.807, 2.05) is 0 Å². The van der Waals surface area contributed by atoms with Crippen LogP contribution in [0.25, 0.3) is 0 Å². The highest BCUT2D eigenvalue weighted by atomic mass is 35.5. The van der Waals surface area contributed by atoms with E-state index < -0.39 is 11.6 Å². The van der Waals surface area contributed by atoms with E-state index in [9.17, 15) is 9.59 Å². The monoisotopic (exact) mass is 405 g/mol. The number of esters is 1. The lowest BCUT2D eigenvalue weighted by Crippen LogP contribution is -2.40. The van der Waals surface area contributed by atoms with Crippen molar-refractivity contribution in [3.05, 3.63) is 62.6 Å². The number of carbonyl (C=O) groups is 2. The van der Waals surface area contributed by atoms with Crippen LogP contribution in [0.5, 0.6) is 5.75 Å². The minimum atomic E-state index is -0.709. The zero-order valence-corrected chi connectivity index (χ0v) is 16.1. The molecule has 0 unspecified atom stereocenters. The van der Waals surface area contributed by atoms with Crippen LogP contribution in [0.2, 0.25) is 10.0 Å². The molecule has 5 nitrogen and oxygen atoms in total. The Labute approximate surface area is 166 Å². The van der Waals surface area contributed by atoms with Gasteiger partial charge < -0.3 is 14.8 Å². The van der Waals surface area contributed by atoms with Gasteiger partial charge in [0, 0.05) is 29.5 Å². The van der Waals surface area contributed by atoms with Crippen LogP contribution in [-0.2, 0) is 10.3 Å². The quantitative estimate of drug-likeness (QED) is 0.617. The van der Waals surface area contributed by atoms with Crippen molar-refractivity contribution >= 4 is 35.0 Å². The lowest BCUT2D eigenvalue weighted by molar-refractivity contribution is -0.0242. The molecule has 140 valence electrons. The molecule has 1 fully saturated rings. The molecule has 2 heterocycles. The summed E-state index contributed by atoms with van der Waals surface area (Å²) in [6.45, 7) is 1.47. The zero-order valence-electron chi connectivity index (χ0n) is 14.6. The second-order valence-electron chi connectivity index (χ2n) is 6.69. The Morgan fingerprint density at radius 1 is 1.15 bits per heavy atom. The number of hydrogen-bond donors (Lipinski definition) is 1. The first kappa shape index (κ1) is 18.3. The van der Waals surface area contributed by atoms with E-state index in [0.29, 0.717) is 34.7 Å². The number of methoxy groups -OCH3 is 1. The molecule has 0 aromatic heterocycles. The topological polar surface area (TPSA) is 64.6 Å².